The molecule has 0 aliphatic carbocycles. The first-order valence-electron chi connectivity index (χ1n) is 7.91. The Bertz CT molecular complexity index is 970. The van der Waals surface area contributed by atoms with Crippen molar-refractivity contribution in [2.24, 2.45) is 0 Å². The van der Waals surface area contributed by atoms with Crippen molar-refractivity contribution in [3.8, 4) is 5.75 Å². The van der Waals surface area contributed by atoms with E-state index >= 15 is 0 Å². The fourth-order valence-electron chi connectivity index (χ4n) is 2.83. The second-order valence-electron chi connectivity index (χ2n) is 5.72. The number of benzene rings is 1. The zero-order chi connectivity index (χ0) is 18.8. The fraction of sp³-hybridized carbons (Fsp3) is 0.278. The van der Waals surface area contributed by atoms with E-state index in [2.05, 4.69) is 9.97 Å². The van der Waals surface area contributed by atoms with Gasteiger partial charge in [-0.3, -0.25) is 4.98 Å². The molecule has 0 bridgehead atoms. The van der Waals surface area contributed by atoms with Crippen molar-refractivity contribution in [3.05, 3.63) is 47.3 Å². The summed E-state index contributed by atoms with van der Waals surface area (Å²) in [4.78, 5) is 21.0. The Morgan fingerprint density at radius 3 is 2.69 bits per heavy atom. The number of nitrogens with zero attached hydrogens (tertiary/aromatic N) is 3. The number of pyridine rings is 1. The summed E-state index contributed by atoms with van der Waals surface area (Å²) in [5, 5.41) is 0.138. The van der Waals surface area contributed by atoms with Gasteiger partial charge in [0.15, 0.2) is 5.75 Å². The largest absolute Gasteiger partial charge is 0.609 e. The van der Waals surface area contributed by atoms with Gasteiger partial charge in [0.25, 0.3) is 0 Å². The molecule has 1 unspecified atom stereocenters. The summed E-state index contributed by atoms with van der Waals surface area (Å²) in [5.41, 5.74) is 3.48. The van der Waals surface area contributed by atoms with Gasteiger partial charge in [-0.25, -0.2) is 4.79 Å². The van der Waals surface area contributed by atoms with Crippen molar-refractivity contribution in [2.45, 2.75) is 24.8 Å². The Morgan fingerprint density at radius 1 is 1.27 bits per heavy atom. The van der Waals surface area contributed by atoms with E-state index in [0.29, 0.717) is 22.5 Å². The molecule has 1 atom stereocenters. The van der Waals surface area contributed by atoms with Crippen LogP contribution in [0.2, 0.25) is 0 Å². The Balaban J connectivity index is 2.03. The monoisotopic (exact) mass is 373 g/mol. The normalized spacial score (nSPS) is 12.2. The van der Waals surface area contributed by atoms with Crippen LogP contribution >= 0.6 is 0 Å². The first-order chi connectivity index (χ1) is 12.5. The number of carbonyl (C=O) groups excluding carboxylic acids is 1. The molecule has 0 saturated carbocycles. The number of aryl methyl sites for hydroxylation is 1. The number of hydrogen-bond acceptors (Lipinski definition) is 6. The summed E-state index contributed by atoms with van der Waals surface area (Å²) in [6.45, 7) is 3.77. The van der Waals surface area contributed by atoms with Gasteiger partial charge in [-0.05, 0) is 26.0 Å². The predicted octanol–water partition coefficient (Wildman–Crippen LogP) is 2.98. The molecule has 1 aromatic carbocycles. The third kappa shape index (κ3) is 3.13. The lowest BCUT2D eigenvalue weighted by molar-refractivity contribution is 0.171. The molecule has 2 heterocycles. The maximum absolute atomic E-state index is 13.0. The quantitative estimate of drug-likeness (QED) is 0.653. The van der Waals surface area contributed by atoms with Gasteiger partial charge in [0.1, 0.15) is 5.75 Å². The molecular weight excluding hydrogens is 354 g/mol. The lowest BCUT2D eigenvalue weighted by Crippen LogP contribution is -2.20. The average molecular weight is 373 g/mol. The van der Waals surface area contributed by atoms with E-state index in [1.54, 1.807) is 37.6 Å². The number of fused-ring (bicyclic) bond motifs is 1. The topological polar surface area (TPSA) is 89.3 Å². The van der Waals surface area contributed by atoms with Gasteiger partial charge in [-0.2, -0.15) is 9.55 Å². The van der Waals surface area contributed by atoms with Crippen LogP contribution in [0.25, 0.3) is 11.0 Å². The van der Waals surface area contributed by atoms with Crippen LogP contribution in [0, 0.1) is 13.8 Å². The zero-order valence-electron chi connectivity index (χ0n) is 15.0. The Morgan fingerprint density at radius 2 is 2.00 bits per heavy atom. The molecule has 136 valence electrons. The minimum atomic E-state index is -1.59. The number of para-hydroxylation sites is 2. The highest BCUT2D eigenvalue weighted by Gasteiger charge is 2.28. The SMILES string of the molecule is COC(=O)n1c([S+]([O-])Cc2ncc(C)c(OC)c2C)nc2ccccc21. The molecule has 0 aliphatic heterocycles. The third-order valence-electron chi connectivity index (χ3n) is 4.11. The van der Waals surface area contributed by atoms with Crippen LogP contribution < -0.4 is 4.74 Å². The van der Waals surface area contributed by atoms with Crippen molar-refractivity contribution < 1.29 is 18.8 Å². The van der Waals surface area contributed by atoms with Gasteiger partial charge >= 0.3 is 11.2 Å². The summed E-state index contributed by atoms with van der Waals surface area (Å²) < 4.78 is 24.5. The lowest BCUT2D eigenvalue weighted by Gasteiger charge is -2.14. The molecule has 3 aromatic rings. The number of rotatable bonds is 4. The Labute approximate surface area is 154 Å². The van der Waals surface area contributed by atoms with Gasteiger partial charge in [-0.1, -0.05) is 12.1 Å². The van der Waals surface area contributed by atoms with Crippen molar-refractivity contribution in [1.29, 1.82) is 0 Å². The number of methoxy groups -OCH3 is 2. The molecular formula is C18H19N3O4S. The minimum Gasteiger partial charge on any atom is -0.609 e. The molecule has 0 amide bonds. The van der Waals surface area contributed by atoms with Crippen LogP contribution in [0.1, 0.15) is 16.8 Å². The first-order valence-corrected chi connectivity index (χ1v) is 9.23. The summed E-state index contributed by atoms with van der Waals surface area (Å²) in [6, 6.07) is 7.08. The second-order valence-corrected chi connectivity index (χ2v) is 7.07. The van der Waals surface area contributed by atoms with Gasteiger partial charge in [0.2, 0.25) is 0 Å². The van der Waals surface area contributed by atoms with Crippen LogP contribution in [0.4, 0.5) is 4.79 Å². The Hall–Kier alpha value is -2.58. The van der Waals surface area contributed by atoms with Gasteiger partial charge < -0.3 is 14.0 Å². The van der Waals surface area contributed by atoms with E-state index in [-0.39, 0.29) is 10.9 Å². The zero-order valence-corrected chi connectivity index (χ0v) is 15.8. The van der Waals surface area contributed by atoms with Crippen LogP contribution in [-0.2, 0) is 21.7 Å². The summed E-state index contributed by atoms with van der Waals surface area (Å²) >= 11 is -1.59. The molecule has 0 saturated heterocycles. The van der Waals surface area contributed by atoms with Crippen LogP contribution in [0.5, 0.6) is 5.75 Å². The Kier molecular flexibility index (Phi) is 5.15. The molecule has 8 heteroatoms. The highest BCUT2D eigenvalue weighted by molar-refractivity contribution is 7.90. The van der Waals surface area contributed by atoms with E-state index in [9.17, 15) is 9.35 Å². The number of aromatic nitrogens is 3. The fourth-order valence-corrected chi connectivity index (χ4v) is 4.07. The van der Waals surface area contributed by atoms with Crippen molar-refractivity contribution in [1.82, 2.24) is 14.5 Å². The van der Waals surface area contributed by atoms with E-state index in [1.807, 2.05) is 13.8 Å². The van der Waals surface area contributed by atoms with Crippen LogP contribution in [0.3, 0.4) is 0 Å². The van der Waals surface area contributed by atoms with Crippen molar-refractivity contribution in [3.63, 3.8) is 0 Å². The van der Waals surface area contributed by atoms with Gasteiger partial charge in [0.05, 0.1) is 30.9 Å². The maximum Gasteiger partial charge on any atom is 0.423 e. The number of hydrogen-bond donors (Lipinski definition) is 0. The lowest BCUT2D eigenvalue weighted by atomic mass is 10.1. The highest BCUT2D eigenvalue weighted by atomic mass is 32.2. The molecule has 0 fully saturated rings. The van der Waals surface area contributed by atoms with Crippen molar-refractivity contribution in [2.75, 3.05) is 14.2 Å². The second kappa shape index (κ2) is 7.35. The number of carbonyl (C=O) groups is 1. The number of imidazole rings is 1. The molecule has 0 N–H and O–H groups in total. The minimum absolute atomic E-state index is 0.114. The van der Waals surface area contributed by atoms with E-state index in [0.717, 1.165) is 11.1 Å². The molecule has 26 heavy (non-hydrogen) atoms. The average Bonchev–Trinajstić information content (AvgIpc) is 3.03. The van der Waals surface area contributed by atoms with Crippen LogP contribution in [0.15, 0.2) is 35.6 Å². The van der Waals surface area contributed by atoms with E-state index < -0.39 is 17.3 Å². The highest BCUT2D eigenvalue weighted by Crippen LogP contribution is 2.27. The molecule has 3 rings (SSSR count). The number of ether oxygens (including phenoxy) is 2. The summed E-state index contributed by atoms with van der Waals surface area (Å²) in [5.74, 6) is 0.830. The summed E-state index contributed by atoms with van der Waals surface area (Å²) in [6.07, 6.45) is 1.05. The van der Waals surface area contributed by atoms with E-state index in [4.69, 9.17) is 9.47 Å². The first kappa shape index (κ1) is 18.2. The molecule has 0 aliphatic rings. The molecule has 2 aromatic heterocycles. The smallest absolute Gasteiger partial charge is 0.423 e. The van der Waals surface area contributed by atoms with Crippen molar-refractivity contribution >= 4 is 28.3 Å². The molecule has 0 radical (unpaired) electrons. The predicted molar refractivity (Wildman–Crippen MR) is 97.9 cm³/mol. The standard InChI is InChI=1S/C18H19N3O4S/c1-11-9-19-14(12(2)16(11)24-3)10-26(23)17-20-13-7-5-6-8-15(13)21(17)18(22)25-4/h5-9H,10H2,1-4H3. The van der Waals surface area contributed by atoms with E-state index in [1.165, 1.54) is 11.7 Å². The van der Waals surface area contributed by atoms with Gasteiger partial charge in [-0.15, -0.1) is 0 Å². The van der Waals surface area contributed by atoms with Gasteiger partial charge in [0, 0.05) is 28.5 Å². The maximum atomic E-state index is 13.0. The third-order valence-corrected chi connectivity index (χ3v) is 5.33. The molecule has 0 spiro atoms. The molecule has 7 nitrogen and oxygen atoms in total. The van der Waals surface area contributed by atoms with Crippen LogP contribution in [-0.4, -0.2) is 39.4 Å². The summed E-state index contributed by atoms with van der Waals surface area (Å²) in [7, 11) is 2.87.